The maximum absolute atomic E-state index is 12.1. The molecule has 1 aromatic carbocycles. The Hall–Kier alpha value is -1.62. The van der Waals surface area contributed by atoms with E-state index in [1.165, 1.54) is 15.4 Å². The summed E-state index contributed by atoms with van der Waals surface area (Å²) in [4.78, 5) is 23.8. The van der Waals surface area contributed by atoms with E-state index in [1.807, 2.05) is 25.1 Å². The summed E-state index contributed by atoms with van der Waals surface area (Å²) in [5.41, 5.74) is 0.234. The Balaban J connectivity index is 2.85. The second-order valence-electron chi connectivity index (χ2n) is 3.50. The summed E-state index contributed by atoms with van der Waals surface area (Å²) in [5, 5.41) is 0. The van der Waals surface area contributed by atoms with Gasteiger partial charge in [0.1, 0.15) is 0 Å². The predicted octanol–water partition coefficient (Wildman–Crippen LogP) is 1.78. The minimum atomic E-state index is -0.238. The zero-order valence-corrected chi connectivity index (χ0v) is 10.8. The van der Waals surface area contributed by atoms with Gasteiger partial charge < -0.3 is 0 Å². The lowest BCUT2D eigenvalue weighted by Gasteiger charge is -2.13. The molecule has 0 aliphatic rings. The molecule has 1 aromatic heterocycles. The van der Waals surface area contributed by atoms with Crippen LogP contribution in [0, 0.1) is 0 Å². The Morgan fingerprint density at radius 1 is 1.18 bits per heavy atom. The Kier molecular flexibility index (Phi) is 3.28. The van der Waals surface area contributed by atoms with E-state index in [-0.39, 0.29) is 15.6 Å². The van der Waals surface area contributed by atoms with Crippen LogP contribution in [-0.2, 0) is 6.54 Å². The van der Waals surface area contributed by atoms with Crippen molar-refractivity contribution in [2.75, 3.05) is 0 Å². The first-order valence-electron chi connectivity index (χ1n) is 5.23. The van der Waals surface area contributed by atoms with Gasteiger partial charge in [0.05, 0.1) is 10.2 Å². The number of halogens is 1. The molecule has 0 atom stereocenters. The second-order valence-corrected chi connectivity index (χ2v) is 4.35. The molecule has 2 rings (SSSR count). The van der Waals surface area contributed by atoms with Crippen LogP contribution in [0.15, 0.2) is 50.5 Å². The molecule has 0 saturated carbocycles. The van der Waals surface area contributed by atoms with E-state index in [9.17, 15) is 9.59 Å². The van der Waals surface area contributed by atoms with Gasteiger partial charge in [-0.05, 0) is 35.0 Å². The molecule has 0 bridgehead atoms. The quantitative estimate of drug-likeness (QED) is 0.847. The Labute approximate surface area is 106 Å². The molecule has 0 saturated heterocycles. The van der Waals surface area contributed by atoms with E-state index in [1.54, 1.807) is 12.1 Å². The fourth-order valence-electron chi connectivity index (χ4n) is 1.68. The maximum Gasteiger partial charge on any atom is 0.284 e. The fraction of sp³-hybridized carbons (Fsp3) is 0.167. The molecule has 0 radical (unpaired) electrons. The van der Waals surface area contributed by atoms with E-state index in [4.69, 9.17) is 0 Å². The molecule has 2 aromatic rings. The molecule has 0 fully saturated rings. The molecule has 17 heavy (non-hydrogen) atoms. The van der Waals surface area contributed by atoms with Gasteiger partial charge in [0, 0.05) is 12.6 Å². The van der Waals surface area contributed by atoms with Gasteiger partial charge in [0.25, 0.3) is 11.1 Å². The number of hydrogen-bond donors (Lipinski definition) is 0. The van der Waals surface area contributed by atoms with Gasteiger partial charge in [-0.15, -0.1) is 0 Å². The number of aromatic nitrogens is 2. The third-order valence-electron chi connectivity index (χ3n) is 2.44. The van der Waals surface area contributed by atoms with E-state index in [0.29, 0.717) is 12.2 Å². The lowest BCUT2D eigenvalue weighted by molar-refractivity contribution is 0.527. The van der Waals surface area contributed by atoms with Crippen molar-refractivity contribution in [3.63, 3.8) is 0 Å². The predicted molar refractivity (Wildman–Crippen MR) is 69.7 cm³/mol. The number of nitrogens with zero attached hydrogens (tertiary/aromatic N) is 2. The Morgan fingerprint density at radius 3 is 2.41 bits per heavy atom. The SMILES string of the molecule is CCn1c(=O)cc(Br)c(=O)n1-c1ccccc1. The number of rotatable bonds is 2. The highest BCUT2D eigenvalue weighted by molar-refractivity contribution is 9.10. The lowest BCUT2D eigenvalue weighted by atomic mass is 10.3. The summed E-state index contributed by atoms with van der Waals surface area (Å²) in [7, 11) is 0. The van der Waals surface area contributed by atoms with Crippen molar-refractivity contribution in [2.24, 2.45) is 0 Å². The highest BCUT2D eigenvalue weighted by atomic mass is 79.9. The summed E-state index contributed by atoms with van der Waals surface area (Å²) >= 11 is 3.11. The van der Waals surface area contributed by atoms with Gasteiger partial charge in [-0.3, -0.25) is 9.59 Å². The number of hydrogen-bond acceptors (Lipinski definition) is 2. The third kappa shape index (κ3) is 2.10. The molecule has 0 N–H and O–H groups in total. The molecule has 1 heterocycles. The lowest BCUT2D eigenvalue weighted by Crippen LogP contribution is -2.37. The van der Waals surface area contributed by atoms with E-state index >= 15 is 0 Å². The third-order valence-corrected chi connectivity index (χ3v) is 3.01. The van der Waals surface area contributed by atoms with E-state index < -0.39 is 0 Å². The van der Waals surface area contributed by atoms with Gasteiger partial charge in [-0.2, -0.15) is 0 Å². The molecular formula is C12H11BrN2O2. The monoisotopic (exact) mass is 294 g/mol. The van der Waals surface area contributed by atoms with Crippen LogP contribution < -0.4 is 11.1 Å². The average Bonchev–Trinajstić information content (AvgIpc) is 2.34. The number of benzene rings is 1. The summed E-state index contributed by atoms with van der Waals surface area (Å²) in [5.74, 6) is 0. The zero-order chi connectivity index (χ0) is 12.4. The molecule has 0 unspecified atom stereocenters. The standard InChI is InChI=1S/C12H11BrN2O2/c1-2-14-11(16)8-10(13)12(17)15(14)9-6-4-3-5-7-9/h3-8H,2H2,1H3. The van der Waals surface area contributed by atoms with Crippen LogP contribution in [0.5, 0.6) is 0 Å². The summed E-state index contributed by atoms with van der Waals surface area (Å²) in [6, 6.07) is 10.4. The van der Waals surface area contributed by atoms with Gasteiger partial charge in [-0.25, -0.2) is 9.36 Å². The van der Waals surface area contributed by atoms with Gasteiger partial charge in [-0.1, -0.05) is 18.2 Å². The molecule has 0 spiro atoms. The first-order valence-corrected chi connectivity index (χ1v) is 6.02. The van der Waals surface area contributed by atoms with E-state index in [2.05, 4.69) is 15.9 Å². The smallest absolute Gasteiger partial charge is 0.268 e. The molecule has 88 valence electrons. The zero-order valence-electron chi connectivity index (χ0n) is 9.26. The molecule has 4 nitrogen and oxygen atoms in total. The summed E-state index contributed by atoms with van der Waals surface area (Å²) in [6.07, 6.45) is 0. The van der Waals surface area contributed by atoms with Crippen LogP contribution in [0.3, 0.4) is 0 Å². The molecule has 5 heteroatoms. The maximum atomic E-state index is 12.1. The highest BCUT2D eigenvalue weighted by Gasteiger charge is 2.09. The first-order chi connectivity index (χ1) is 8.15. The molecule has 0 aliphatic carbocycles. The van der Waals surface area contributed by atoms with Crippen molar-refractivity contribution in [1.29, 1.82) is 0 Å². The van der Waals surface area contributed by atoms with E-state index in [0.717, 1.165) is 0 Å². The Bertz CT molecular complexity index is 644. The van der Waals surface area contributed by atoms with Crippen molar-refractivity contribution < 1.29 is 0 Å². The summed E-state index contributed by atoms with van der Waals surface area (Å²) < 4.78 is 3.06. The van der Waals surface area contributed by atoms with Crippen LogP contribution in [0.2, 0.25) is 0 Å². The van der Waals surface area contributed by atoms with Crippen molar-refractivity contribution in [3.8, 4) is 5.69 Å². The topological polar surface area (TPSA) is 44.0 Å². The molecule has 0 aliphatic heterocycles. The van der Waals surface area contributed by atoms with Crippen LogP contribution in [0.4, 0.5) is 0 Å². The molecular weight excluding hydrogens is 284 g/mol. The van der Waals surface area contributed by atoms with Gasteiger partial charge in [0.15, 0.2) is 0 Å². The van der Waals surface area contributed by atoms with Crippen LogP contribution >= 0.6 is 15.9 Å². The first kappa shape index (κ1) is 11.9. The van der Waals surface area contributed by atoms with Gasteiger partial charge in [0.2, 0.25) is 0 Å². The molecule has 0 amide bonds. The minimum absolute atomic E-state index is 0.206. The average molecular weight is 295 g/mol. The van der Waals surface area contributed by atoms with Crippen LogP contribution in [0.1, 0.15) is 6.92 Å². The van der Waals surface area contributed by atoms with Crippen molar-refractivity contribution >= 4 is 15.9 Å². The normalized spacial score (nSPS) is 10.5. The van der Waals surface area contributed by atoms with Gasteiger partial charge >= 0.3 is 0 Å². The highest BCUT2D eigenvalue weighted by Crippen LogP contribution is 2.05. The summed E-state index contributed by atoms with van der Waals surface area (Å²) in [6.45, 7) is 2.27. The fourth-order valence-corrected chi connectivity index (χ4v) is 2.04. The van der Waals surface area contributed by atoms with Crippen LogP contribution in [-0.4, -0.2) is 9.36 Å². The van der Waals surface area contributed by atoms with Crippen molar-refractivity contribution in [2.45, 2.75) is 13.5 Å². The largest absolute Gasteiger partial charge is 0.284 e. The van der Waals surface area contributed by atoms with Crippen molar-refractivity contribution in [3.05, 3.63) is 61.6 Å². The minimum Gasteiger partial charge on any atom is -0.268 e. The van der Waals surface area contributed by atoms with Crippen molar-refractivity contribution in [1.82, 2.24) is 9.36 Å². The van der Waals surface area contributed by atoms with Crippen LogP contribution in [0.25, 0.3) is 5.69 Å². The Morgan fingerprint density at radius 2 is 1.82 bits per heavy atom. The number of para-hydroxylation sites is 1. The second kappa shape index (κ2) is 4.71.